The Balaban J connectivity index is 1.76. The van der Waals surface area contributed by atoms with Gasteiger partial charge in [0.2, 0.25) is 0 Å². The van der Waals surface area contributed by atoms with Crippen LogP contribution in [0.1, 0.15) is 33.9 Å². The van der Waals surface area contributed by atoms with Gasteiger partial charge in [-0.1, -0.05) is 71.8 Å². The Labute approximate surface area is 169 Å². The number of ether oxygens (including phenoxy) is 1. The summed E-state index contributed by atoms with van der Waals surface area (Å²) in [5.41, 5.74) is 2.25. The maximum atomic E-state index is 12.7. The van der Waals surface area contributed by atoms with Crippen LogP contribution >= 0.6 is 11.6 Å². The molecule has 3 aromatic rings. The van der Waals surface area contributed by atoms with Crippen molar-refractivity contribution in [2.24, 2.45) is 0 Å². The number of carbonyl (C=O) groups excluding carboxylic acids is 2. The van der Waals surface area contributed by atoms with Crippen LogP contribution in [0.4, 0.5) is 0 Å². The van der Waals surface area contributed by atoms with E-state index in [0.717, 1.165) is 11.1 Å². The average molecular weight is 394 g/mol. The standard InChI is InChI=1S/C23H20ClNO3/c1-16-11-13-18(14-12-16)28-22(26)15-21(17-7-3-2-4-8-17)25-23(27)19-9-5-6-10-20(19)24/h2-14,21H,15H2,1H3,(H,25,27). The summed E-state index contributed by atoms with van der Waals surface area (Å²) in [6.45, 7) is 1.96. The van der Waals surface area contributed by atoms with Crippen molar-refractivity contribution in [3.05, 3.63) is 101 Å². The van der Waals surface area contributed by atoms with E-state index >= 15 is 0 Å². The molecular formula is C23H20ClNO3. The maximum absolute atomic E-state index is 12.7. The molecular weight excluding hydrogens is 374 g/mol. The molecule has 4 nitrogen and oxygen atoms in total. The minimum atomic E-state index is -0.539. The zero-order valence-corrected chi connectivity index (χ0v) is 16.1. The first-order chi connectivity index (χ1) is 13.5. The highest BCUT2D eigenvalue weighted by Crippen LogP contribution is 2.21. The first-order valence-electron chi connectivity index (χ1n) is 8.90. The van der Waals surface area contributed by atoms with E-state index in [1.54, 1.807) is 36.4 Å². The average Bonchev–Trinajstić information content (AvgIpc) is 2.70. The quantitative estimate of drug-likeness (QED) is 0.467. The van der Waals surface area contributed by atoms with Crippen molar-refractivity contribution in [1.29, 1.82) is 0 Å². The van der Waals surface area contributed by atoms with Crippen LogP contribution in [-0.2, 0) is 4.79 Å². The smallest absolute Gasteiger partial charge is 0.313 e. The summed E-state index contributed by atoms with van der Waals surface area (Å²) in [7, 11) is 0. The summed E-state index contributed by atoms with van der Waals surface area (Å²) in [6.07, 6.45) is -0.00587. The van der Waals surface area contributed by atoms with Gasteiger partial charge in [-0.3, -0.25) is 9.59 Å². The lowest BCUT2D eigenvalue weighted by atomic mass is 10.0. The van der Waals surface area contributed by atoms with Crippen molar-refractivity contribution in [3.8, 4) is 5.75 Å². The van der Waals surface area contributed by atoms with Crippen LogP contribution in [0.3, 0.4) is 0 Å². The van der Waals surface area contributed by atoms with Gasteiger partial charge in [-0.15, -0.1) is 0 Å². The summed E-state index contributed by atoms with van der Waals surface area (Å²) in [5, 5.41) is 3.25. The van der Waals surface area contributed by atoms with Gasteiger partial charge in [0, 0.05) is 0 Å². The van der Waals surface area contributed by atoms with E-state index in [4.69, 9.17) is 16.3 Å². The number of hydrogen-bond acceptors (Lipinski definition) is 3. The van der Waals surface area contributed by atoms with E-state index in [2.05, 4.69) is 5.32 Å². The molecule has 0 saturated heterocycles. The summed E-state index contributed by atoms with van der Waals surface area (Å²) in [6, 6.07) is 22.8. The van der Waals surface area contributed by atoms with Crippen molar-refractivity contribution in [2.45, 2.75) is 19.4 Å². The molecule has 0 heterocycles. The van der Waals surface area contributed by atoms with Crippen LogP contribution in [0.5, 0.6) is 5.75 Å². The third-order valence-corrected chi connectivity index (χ3v) is 4.58. The Morgan fingerprint density at radius 1 is 0.929 bits per heavy atom. The van der Waals surface area contributed by atoms with Gasteiger partial charge in [0.15, 0.2) is 0 Å². The minimum Gasteiger partial charge on any atom is -0.426 e. The molecule has 142 valence electrons. The van der Waals surface area contributed by atoms with Crippen LogP contribution in [0.25, 0.3) is 0 Å². The molecule has 5 heteroatoms. The van der Waals surface area contributed by atoms with E-state index in [-0.39, 0.29) is 12.3 Å². The second kappa shape index (κ2) is 9.20. The maximum Gasteiger partial charge on any atom is 0.313 e. The van der Waals surface area contributed by atoms with E-state index in [9.17, 15) is 9.59 Å². The zero-order valence-electron chi connectivity index (χ0n) is 15.4. The van der Waals surface area contributed by atoms with Crippen LogP contribution < -0.4 is 10.1 Å². The highest BCUT2D eigenvalue weighted by molar-refractivity contribution is 6.33. The predicted octanol–water partition coefficient (Wildman–Crippen LogP) is 5.12. The lowest BCUT2D eigenvalue weighted by Gasteiger charge is -2.19. The highest BCUT2D eigenvalue weighted by Gasteiger charge is 2.21. The first kappa shape index (κ1) is 19.6. The summed E-state index contributed by atoms with van der Waals surface area (Å²) < 4.78 is 5.42. The largest absolute Gasteiger partial charge is 0.426 e. The number of amides is 1. The van der Waals surface area contributed by atoms with Crippen molar-refractivity contribution in [2.75, 3.05) is 0 Å². The lowest BCUT2D eigenvalue weighted by Crippen LogP contribution is -2.31. The number of hydrogen-bond donors (Lipinski definition) is 1. The number of carbonyl (C=O) groups is 2. The van der Waals surface area contributed by atoms with Crippen LogP contribution in [0.2, 0.25) is 5.02 Å². The summed E-state index contributed by atoms with van der Waals surface area (Å²) in [5.74, 6) is -0.306. The fourth-order valence-corrected chi connectivity index (χ4v) is 2.99. The summed E-state index contributed by atoms with van der Waals surface area (Å²) in [4.78, 5) is 25.1. The van der Waals surface area contributed by atoms with E-state index in [1.165, 1.54) is 0 Å². The zero-order chi connectivity index (χ0) is 19.9. The first-order valence-corrected chi connectivity index (χ1v) is 9.28. The van der Waals surface area contributed by atoms with Crippen molar-refractivity contribution < 1.29 is 14.3 Å². The van der Waals surface area contributed by atoms with Gasteiger partial charge in [-0.05, 0) is 36.8 Å². The van der Waals surface area contributed by atoms with Crippen molar-refractivity contribution in [3.63, 3.8) is 0 Å². The van der Waals surface area contributed by atoms with Gasteiger partial charge in [-0.25, -0.2) is 0 Å². The third kappa shape index (κ3) is 5.21. The van der Waals surface area contributed by atoms with Gasteiger partial charge in [0.05, 0.1) is 23.0 Å². The molecule has 1 unspecified atom stereocenters. The molecule has 0 aliphatic rings. The molecule has 0 spiro atoms. The van der Waals surface area contributed by atoms with Crippen LogP contribution in [0.15, 0.2) is 78.9 Å². The third-order valence-electron chi connectivity index (χ3n) is 4.25. The second-order valence-corrected chi connectivity index (χ2v) is 6.82. The van der Waals surface area contributed by atoms with Gasteiger partial charge in [0.25, 0.3) is 5.91 Å². The van der Waals surface area contributed by atoms with E-state index < -0.39 is 12.0 Å². The normalized spacial score (nSPS) is 11.5. The Kier molecular flexibility index (Phi) is 6.45. The van der Waals surface area contributed by atoms with Crippen LogP contribution in [0, 0.1) is 6.92 Å². The molecule has 1 amide bonds. The Morgan fingerprint density at radius 3 is 2.25 bits per heavy atom. The molecule has 1 atom stereocenters. The van der Waals surface area contributed by atoms with Crippen molar-refractivity contribution in [1.82, 2.24) is 5.32 Å². The molecule has 0 saturated carbocycles. The SMILES string of the molecule is Cc1ccc(OC(=O)CC(NC(=O)c2ccccc2Cl)c2ccccc2)cc1. The fourth-order valence-electron chi connectivity index (χ4n) is 2.77. The molecule has 1 N–H and O–H groups in total. The fraction of sp³-hybridized carbons (Fsp3) is 0.130. The summed E-state index contributed by atoms with van der Waals surface area (Å²) >= 11 is 6.12. The number of esters is 1. The van der Waals surface area contributed by atoms with Crippen LogP contribution in [-0.4, -0.2) is 11.9 Å². The van der Waals surface area contributed by atoms with E-state index in [1.807, 2.05) is 49.4 Å². The number of aryl methyl sites for hydroxylation is 1. The van der Waals surface area contributed by atoms with Gasteiger partial charge >= 0.3 is 5.97 Å². The monoisotopic (exact) mass is 393 g/mol. The van der Waals surface area contributed by atoms with Gasteiger partial charge in [-0.2, -0.15) is 0 Å². The molecule has 0 aliphatic carbocycles. The lowest BCUT2D eigenvalue weighted by molar-refractivity contribution is -0.134. The Hall–Kier alpha value is -3.11. The Bertz CT molecular complexity index is 955. The molecule has 0 aliphatic heterocycles. The highest BCUT2D eigenvalue weighted by atomic mass is 35.5. The molecule has 0 radical (unpaired) electrons. The van der Waals surface area contributed by atoms with E-state index in [0.29, 0.717) is 16.3 Å². The predicted molar refractivity (Wildman–Crippen MR) is 110 cm³/mol. The van der Waals surface area contributed by atoms with Gasteiger partial charge in [0.1, 0.15) is 5.75 Å². The Morgan fingerprint density at radius 2 is 1.57 bits per heavy atom. The van der Waals surface area contributed by atoms with Gasteiger partial charge < -0.3 is 10.1 Å². The topological polar surface area (TPSA) is 55.4 Å². The van der Waals surface area contributed by atoms with Crippen molar-refractivity contribution >= 4 is 23.5 Å². The molecule has 0 bridgehead atoms. The number of nitrogens with one attached hydrogen (secondary N) is 1. The molecule has 28 heavy (non-hydrogen) atoms. The molecule has 3 rings (SSSR count). The minimum absolute atomic E-state index is 0.00587. The number of rotatable bonds is 6. The second-order valence-electron chi connectivity index (χ2n) is 6.41. The molecule has 0 aromatic heterocycles. The number of benzene rings is 3. The molecule has 3 aromatic carbocycles. The molecule has 0 fully saturated rings. The number of halogens is 1.